The molecule has 0 saturated carbocycles. The highest BCUT2D eigenvalue weighted by molar-refractivity contribution is 7.13. The molecule has 0 spiro atoms. The van der Waals surface area contributed by atoms with Gasteiger partial charge in [0.15, 0.2) is 10.8 Å². The van der Waals surface area contributed by atoms with Crippen molar-refractivity contribution >= 4 is 28.5 Å². The number of hydrogen-bond acceptors (Lipinski definition) is 6. The Bertz CT molecular complexity index is 551. The fourth-order valence-electron chi connectivity index (χ4n) is 1.26. The van der Waals surface area contributed by atoms with E-state index < -0.39 is 0 Å². The maximum atomic E-state index is 10.7. The number of carbonyl (C=O) groups excluding carboxylic acids is 1. The van der Waals surface area contributed by atoms with Crippen molar-refractivity contribution in [2.75, 3.05) is 5.73 Å². The topological polar surface area (TPSA) is 77.6 Å². The molecule has 0 amide bonds. The van der Waals surface area contributed by atoms with Gasteiger partial charge in [-0.3, -0.25) is 4.79 Å². The summed E-state index contributed by atoms with van der Waals surface area (Å²) in [4.78, 5) is 19.8. The third-order valence-electron chi connectivity index (χ3n) is 2.09. The maximum absolute atomic E-state index is 10.7. The first kappa shape index (κ1) is 12.3. The van der Waals surface area contributed by atoms with E-state index in [0.717, 1.165) is 5.56 Å². The minimum Gasteiger partial charge on any atom is -0.390 e. The van der Waals surface area contributed by atoms with E-state index in [1.165, 1.54) is 11.3 Å². The lowest BCUT2D eigenvalue weighted by Crippen LogP contribution is -2.04. The highest BCUT2D eigenvalue weighted by Crippen LogP contribution is 2.11. The van der Waals surface area contributed by atoms with Crippen LogP contribution in [0.3, 0.4) is 0 Å². The van der Waals surface area contributed by atoms with Crippen LogP contribution < -0.4 is 5.73 Å². The molecular weight excluding hydrogens is 250 g/mol. The molecule has 2 rings (SSSR count). The van der Waals surface area contributed by atoms with E-state index in [4.69, 9.17) is 10.6 Å². The van der Waals surface area contributed by atoms with Gasteiger partial charge >= 0.3 is 0 Å². The van der Waals surface area contributed by atoms with Gasteiger partial charge in [0.1, 0.15) is 12.3 Å². The molecule has 1 aromatic heterocycles. The summed E-state index contributed by atoms with van der Waals surface area (Å²) in [5.41, 5.74) is 6.82. The molecule has 0 aliphatic rings. The maximum Gasteiger partial charge on any atom is 0.259 e. The number of rotatable bonds is 5. The van der Waals surface area contributed by atoms with E-state index in [-0.39, 0.29) is 12.3 Å². The second-order valence-corrected chi connectivity index (χ2v) is 4.26. The molecule has 6 heteroatoms. The molecule has 18 heavy (non-hydrogen) atoms. The predicted molar refractivity (Wildman–Crippen MR) is 70.0 cm³/mol. The number of nitrogens with zero attached hydrogens (tertiary/aromatic N) is 2. The van der Waals surface area contributed by atoms with Gasteiger partial charge in [0.2, 0.25) is 0 Å². The smallest absolute Gasteiger partial charge is 0.259 e. The zero-order valence-corrected chi connectivity index (χ0v) is 10.2. The van der Waals surface area contributed by atoms with Crippen molar-refractivity contribution in [1.82, 2.24) is 4.98 Å². The average Bonchev–Trinajstić information content (AvgIpc) is 2.82. The number of oxime groups is 1. The van der Waals surface area contributed by atoms with Gasteiger partial charge in [-0.1, -0.05) is 35.5 Å². The summed E-state index contributed by atoms with van der Waals surface area (Å²) in [6.45, 7) is 0.283. The van der Waals surface area contributed by atoms with Gasteiger partial charge < -0.3 is 10.6 Å². The predicted octanol–water partition coefficient (Wildman–Crippen LogP) is 1.76. The number of aromatic nitrogens is 1. The summed E-state index contributed by atoms with van der Waals surface area (Å²) in [7, 11) is 0. The molecule has 0 fully saturated rings. The first-order valence-corrected chi connectivity index (χ1v) is 6.01. The lowest BCUT2D eigenvalue weighted by atomic mass is 10.2. The second-order valence-electron chi connectivity index (χ2n) is 3.37. The molecular formula is C12H10N3O2S. The van der Waals surface area contributed by atoms with Crippen LogP contribution in [0.1, 0.15) is 11.3 Å². The second kappa shape index (κ2) is 5.92. The Hall–Kier alpha value is -2.21. The van der Waals surface area contributed by atoms with Crippen molar-refractivity contribution in [1.29, 1.82) is 0 Å². The van der Waals surface area contributed by atoms with Crippen molar-refractivity contribution in [2.45, 2.75) is 6.61 Å². The summed E-state index contributed by atoms with van der Waals surface area (Å²) < 4.78 is 0. The highest BCUT2D eigenvalue weighted by Gasteiger charge is 2.08. The van der Waals surface area contributed by atoms with Crippen molar-refractivity contribution in [3.05, 3.63) is 47.0 Å². The van der Waals surface area contributed by atoms with Crippen LogP contribution in [0.4, 0.5) is 5.13 Å². The summed E-state index contributed by atoms with van der Waals surface area (Å²) in [5.74, 6) is 0. The molecule has 1 heterocycles. The minimum atomic E-state index is 0.0129. The number of hydrogen-bond donors (Lipinski definition) is 1. The monoisotopic (exact) mass is 260 g/mol. The summed E-state index contributed by atoms with van der Waals surface area (Å²) >= 11 is 1.23. The average molecular weight is 260 g/mol. The Labute approximate surface area is 108 Å². The quantitative estimate of drug-likeness (QED) is 0.656. The first-order valence-electron chi connectivity index (χ1n) is 5.13. The molecule has 2 N–H and O–H groups in total. The fraction of sp³-hybridized carbons (Fsp3) is 0.0833. The minimum absolute atomic E-state index is 0.0129. The van der Waals surface area contributed by atoms with Crippen LogP contribution in [0.2, 0.25) is 0 Å². The van der Waals surface area contributed by atoms with Crippen molar-refractivity contribution < 1.29 is 9.63 Å². The van der Waals surface area contributed by atoms with Crippen LogP contribution in [-0.2, 0) is 16.2 Å². The SMILES string of the molecule is Nc1nc(/C([C]=O)=N\OCc2ccccc2)cs1. The number of anilines is 1. The highest BCUT2D eigenvalue weighted by atomic mass is 32.1. The first-order chi connectivity index (χ1) is 8.79. The normalized spacial score (nSPS) is 11.2. The van der Waals surface area contributed by atoms with Crippen molar-refractivity contribution in [3.8, 4) is 0 Å². The standard InChI is InChI=1S/C12H10N3O2S/c13-12-14-11(8-18-12)10(6-16)15-17-7-9-4-2-1-3-5-9/h1-5,8H,7H2,(H2,13,14)/b15-10-. The van der Waals surface area contributed by atoms with Crippen LogP contribution >= 0.6 is 11.3 Å². The van der Waals surface area contributed by atoms with Gasteiger partial charge in [-0.25, -0.2) is 4.98 Å². The Morgan fingerprint density at radius 1 is 1.44 bits per heavy atom. The lowest BCUT2D eigenvalue weighted by molar-refractivity contribution is 0.131. The van der Waals surface area contributed by atoms with Crippen molar-refractivity contribution in [3.63, 3.8) is 0 Å². The molecule has 1 radical (unpaired) electrons. The van der Waals surface area contributed by atoms with Gasteiger partial charge in [0.05, 0.1) is 0 Å². The molecule has 0 aliphatic heterocycles. The Morgan fingerprint density at radius 3 is 2.83 bits per heavy atom. The van der Waals surface area contributed by atoms with E-state index in [9.17, 15) is 4.79 Å². The molecule has 0 atom stereocenters. The van der Waals surface area contributed by atoms with Crippen LogP contribution in [0.5, 0.6) is 0 Å². The van der Waals surface area contributed by atoms with Crippen LogP contribution in [0, 0.1) is 0 Å². The molecule has 91 valence electrons. The van der Waals surface area contributed by atoms with Gasteiger partial charge in [-0.15, -0.1) is 11.3 Å². The van der Waals surface area contributed by atoms with E-state index >= 15 is 0 Å². The van der Waals surface area contributed by atoms with Crippen LogP contribution in [-0.4, -0.2) is 17.0 Å². The molecule has 2 aromatic rings. The molecule has 5 nitrogen and oxygen atoms in total. The van der Waals surface area contributed by atoms with E-state index in [1.807, 2.05) is 30.3 Å². The number of thiazole rings is 1. The zero-order chi connectivity index (χ0) is 12.8. The summed E-state index contributed by atoms with van der Waals surface area (Å²) in [6, 6.07) is 9.52. The molecule has 1 aromatic carbocycles. The Balaban J connectivity index is 2.01. The summed E-state index contributed by atoms with van der Waals surface area (Å²) in [5, 5.41) is 5.70. The largest absolute Gasteiger partial charge is 0.390 e. The van der Waals surface area contributed by atoms with Gasteiger partial charge in [-0.2, -0.15) is 0 Å². The third kappa shape index (κ3) is 3.14. The molecule has 0 aliphatic carbocycles. The molecule has 0 bridgehead atoms. The van der Waals surface area contributed by atoms with Gasteiger partial charge in [0, 0.05) is 5.38 Å². The zero-order valence-electron chi connectivity index (χ0n) is 9.37. The third-order valence-corrected chi connectivity index (χ3v) is 2.77. The summed E-state index contributed by atoms with van der Waals surface area (Å²) in [6.07, 6.45) is 1.68. The van der Waals surface area contributed by atoms with Gasteiger partial charge in [-0.05, 0) is 5.56 Å². The fourth-order valence-corrected chi connectivity index (χ4v) is 1.81. The van der Waals surface area contributed by atoms with Crippen molar-refractivity contribution in [2.24, 2.45) is 5.16 Å². The number of nitrogen functional groups attached to an aromatic ring is 1. The van der Waals surface area contributed by atoms with Crippen LogP contribution in [0.25, 0.3) is 0 Å². The van der Waals surface area contributed by atoms with E-state index in [2.05, 4.69) is 10.1 Å². The number of benzene rings is 1. The van der Waals surface area contributed by atoms with Gasteiger partial charge in [0.25, 0.3) is 6.29 Å². The van der Waals surface area contributed by atoms with E-state index in [0.29, 0.717) is 10.8 Å². The molecule has 0 saturated heterocycles. The Morgan fingerprint density at radius 2 is 2.22 bits per heavy atom. The number of nitrogens with two attached hydrogens (primary N) is 1. The van der Waals surface area contributed by atoms with E-state index in [1.54, 1.807) is 11.7 Å². The molecule has 0 unspecified atom stereocenters. The Kier molecular flexibility index (Phi) is 4.03. The lowest BCUT2D eigenvalue weighted by Gasteiger charge is -1.99. The van der Waals surface area contributed by atoms with Crippen LogP contribution in [0.15, 0.2) is 40.9 Å².